The van der Waals surface area contributed by atoms with Gasteiger partial charge in [-0.1, -0.05) is 0 Å². The van der Waals surface area contributed by atoms with Crippen molar-refractivity contribution in [3.63, 3.8) is 0 Å². The van der Waals surface area contributed by atoms with Gasteiger partial charge in [0.1, 0.15) is 24.4 Å². The highest BCUT2D eigenvalue weighted by Gasteiger charge is 2.44. The Morgan fingerprint density at radius 2 is 2.06 bits per heavy atom. The number of nitrogens with zero attached hydrogens (tertiary/aromatic N) is 2. The average molecular weight is 263 g/mol. The van der Waals surface area contributed by atoms with Crippen molar-refractivity contribution in [2.24, 2.45) is 5.10 Å². The zero-order valence-electron chi connectivity index (χ0n) is 9.80. The van der Waals surface area contributed by atoms with Crippen molar-refractivity contribution in [1.82, 2.24) is 10.3 Å². The van der Waals surface area contributed by atoms with E-state index in [1.165, 1.54) is 7.05 Å². The molecular formula is C9H17N3O6. The lowest BCUT2D eigenvalue weighted by molar-refractivity contribution is -0.252. The number of aliphatic hydroxyl groups excluding tert-OH is 4. The van der Waals surface area contributed by atoms with E-state index in [0.29, 0.717) is 0 Å². The summed E-state index contributed by atoms with van der Waals surface area (Å²) < 4.78 is 4.86. The van der Waals surface area contributed by atoms with Gasteiger partial charge >= 0.3 is 6.03 Å². The van der Waals surface area contributed by atoms with Gasteiger partial charge in [0.15, 0.2) is 6.29 Å². The van der Waals surface area contributed by atoms with Crippen LogP contribution < -0.4 is 5.32 Å². The number of amides is 2. The molecule has 1 fully saturated rings. The lowest BCUT2D eigenvalue weighted by Gasteiger charge is -2.40. The number of carbonyl (C=O) groups is 1. The maximum absolute atomic E-state index is 11.5. The standard InChI is InChI=1S/C9H17N3O6/c1-10-12(2)9(17)11-5-7(15)6(14)4(3-13)18-8(5)16/h4-8,13-16H,1,3H2,2H3,(H,11,17)/t4?,5?,6-,7+,8-/m1/s1. The topological polar surface area (TPSA) is 135 Å². The Morgan fingerprint density at radius 3 is 2.56 bits per heavy atom. The third kappa shape index (κ3) is 2.94. The molecular weight excluding hydrogens is 246 g/mol. The third-order valence-corrected chi connectivity index (χ3v) is 2.70. The summed E-state index contributed by atoms with van der Waals surface area (Å²) in [7, 11) is 1.32. The Hall–Kier alpha value is -1.26. The predicted molar refractivity (Wildman–Crippen MR) is 59.6 cm³/mol. The largest absolute Gasteiger partial charge is 0.394 e. The summed E-state index contributed by atoms with van der Waals surface area (Å²) >= 11 is 0. The Morgan fingerprint density at radius 1 is 1.44 bits per heavy atom. The summed E-state index contributed by atoms with van der Waals surface area (Å²) in [6.45, 7) is 2.56. The van der Waals surface area contributed by atoms with Crippen LogP contribution in [0.1, 0.15) is 0 Å². The third-order valence-electron chi connectivity index (χ3n) is 2.70. The number of nitrogens with one attached hydrogen (secondary N) is 1. The molecule has 0 radical (unpaired) electrons. The number of urea groups is 1. The van der Waals surface area contributed by atoms with Crippen molar-refractivity contribution in [3.8, 4) is 0 Å². The van der Waals surface area contributed by atoms with Crippen LogP contribution in [0.15, 0.2) is 5.10 Å². The van der Waals surface area contributed by atoms with E-state index in [-0.39, 0.29) is 0 Å². The fourth-order valence-electron chi connectivity index (χ4n) is 1.55. The minimum absolute atomic E-state index is 0.565. The lowest BCUT2D eigenvalue weighted by Crippen LogP contribution is -2.64. The molecule has 2 amide bonds. The summed E-state index contributed by atoms with van der Waals surface area (Å²) in [4.78, 5) is 11.5. The van der Waals surface area contributed by atoms with E-state index in [0.717, 1.165) is 5.01 Å². The van der Waals surface area contributed by atoms with E-state index >= 15 is 0 Å². The predicted octanol–water partition coefficient (Wildman–Crippen LogP) is -2.96. The maximum Gasteiger partial charge on any atom is 0.338 e. The molecule has 1 heterocycles. The van der Waals surface area contributed by atoms with E-state index in [1.807, 2.05) is 0 Å². The van der Waals surface area contributed by atoms with Crippen molar-refractivity contribution in [2.75, 3.05) is 13.7 Å². The molecule has 0 aliphatic carbocycles. The van der Waals surface area contributed by atoms with Crippen LogP contribution in [0.4, 0.5) is 4.79 Å². The Balaban J connectivity index is 2.71. The Bertz CT molecular complexity index is 315. The van der Waals surface area contributed by atoms with Gasteiger partial charge < -0.3 is 30.5 Å². The summed E-state index contributed by atoms with van der Waals surface area (Å²) in [6, 6.07) is -1.97. The number of hydrogen-bond donors (Lipinski definition) is 5. The van der Waals surface area contributed by atoms with Gasteiger partial charge in [0.05, 0.1) is 6.61 Å². The van der Waals surface area contributed by atoms with Crippen molar-refractivity contribution in [1.29, 1.82) is 0 Å². The van der Waals surface area contributed by atoms with Gasteiger partial charge in [-0.2, -0.15) is 5.10 Å². The molecule has 5 N–H and O–H groups in total. The first-order chi connectivity index (χ1) is 8.42. The molecule has 5 atom stereocenters. The molecule has 18 heavy (non-hydrogen) atoms. The van der Waals surface area contributed by atoms with Gasteiger partial charge in [0.2, 0.25) is 0 Å². The first-order valence-electron chi connectivity index (χ1n) is 5.23. The molecule has 1 rings (SSSR count). The molecule has 9 nitrogen and oxygen atoms in total. The molecule has 1 aliphatic heterocycles. The molecule has 104 valence electrons. The Kier molecular flexibility index (Phi) is 4.99. The van der Waals surface area contributed by atoms with Gasteiger partial charge in [-0.15, -0.1) is 0 Å². The first-order valence-corrected chi connectivity index (χ1v) is 5.23. The summed E-state index contributed by atoms with van der Waals surface area (Å²) in [5.74, 6) is 0. The van der Waals surface area contributed by atoms with E-state index in [2.05, 4.69) is 17.1 Å². The fourth-order valence-corrected chi connectivity index (χ4v) is 1.55. The van der Waals surface area contributed by atoms with Crippen LogP contribution in [0.5, 0.6) is 0 Å². The number of ether oxygens (including phenoxy) is 1. The van der Waals surface area contributed by atoms with Crippen molar-refractivity contribution in [2.45, 2.75) is 30.6 Å². The molecule has 9 heteroatoms. The molecule has 0 spiro atoms. The van der Waals surface area contributed by atoms with Crippen LogP contribution >= 0.6 is 0 Å². The van der Waals surface area contributed by atoms with Gasteiger partial charge in [-0.25, -0.2) is 9.80 Å². The highest BCUT2D eigenvalue weighted by Crippen LogP contribution is 2.19. The van der Waals surface area contributed by atoms with Crippen LogP contribution in [-0.2, 0) is 4.74 Å². The molecule has 1 saturated heterocycles. The van der Waals surface area contributed by atoms with E-state index < -0.39 is 43.3 Å². The molecule has 0 aromatic heterocycles. The minimum Gasteiger partial charge on any atom is -0.394 e. The molecule has 2 unspecified atom stereocenters. The summed E-state index contributed by atoms with van der Waals surface area (Å²) in [5.41, 5.74) is 0. The normalized spacial score (nSPS) is 35.9. The van der Waals surface area contributed by atoms with Crippen LogP contribution in [0.2, 0.25) is 0 Å². The molecule has 0 saturated carbocycles. The number of aliphatic hydroxyl groups is 4. The monoisotopic (exact) mass is 263 g/mol. The second-order valence-corrected chi connectivity index (χ2v) is 3.87. The molecule has 1 aliphatic rings. The van der Waals surface area contributed by atoms with Crippen LogP contribution in [0.25, 0.3) is 0 Å². The summed E-state index contributed by atoms with van der Waals surface area (Å²) in [5, 5.41) is 44.2. The van der Waals surface area contributed by atoms with E-state index in [9.17, 15) is 20.1 Å². The zero-order chi connectivity index (χ0) is 13.9. The summed E-state index contributed by atoms with van der Waals surface area (Å²) in [6.07, 6.45) is -5.57. The van der Waals surface area contributed by atoms with Gasteiger partial charge in [0, 0.05) is 13.8 Å². The zero-order valence-corrected chi connectivity index (χ0v) is 9.80. The molecule has 0 aromatic carbocycles. The van der Waals surface area contributed by atoms with Crippen molar-refractivity contribution < 1.29 is 30.0 Å². The van der Waals surface area contributed by atoms with Gasteiger partial charge in [0.25, 0.3) is 0 Å². The number of carbonyl (C=O) groups excluding carboxylic acids is 1. The Labute approximate surface area is 103 Å². The first kappa shape index (κ1) is 14.8. The number of rotatable bonds is 3. The highest BCUT2D eigenvalue weighted by atomic mass is 16.6. The van der Waals surface area contributed by atoms with Gasteiger partial charge in [-0.3, -0.25) is 0 Å². The maximum atomic E-state index is 11.5. The van der Waals surface area contributed by atoms with Crippen LogP contribution in [0.3, 0.4) is 0 Å². The van der Waals surface area contributed by atoms with Gasteiger partial charge in [-0.05, 0) is 0 Å². The molecule has 0 bridgehead atoms. The van der Waals surface area contributed by atoms with Crippen molar-refractivity contribution >= 4 is 12.7 Å². The average Bonchev–Trinajstić information content (AvgIpc) is 2.37. The van der Waals surface area contributed by atoms with Crippen LogP contribution in [-0.4, -0.2) is 82.5 Å². The number of hydrogen-bond acceptors (Lipinski definition) is 7. The van der Waals surface area contributed by atoms with Crippen LogP contribution in [0, 0.1) is 0 Å². The SMILES string of the molecule is C=NN(C)C(=O)NC1[C@H](O)OC(CO)[C@@H](O)[C@H]1O. The quantitative estimate of drug-likeness (QED) is 0.273. The minimum atomic E-state index is -1.55. The lowest BCUT2D eigenvalue weighted by atomic mass is 9.97. The fraction of sp³-hybridized carbons (Fsp3) is 0.778. The second kappa shape index (κ2) is 6.07. The highest BCUT2D eigenvalue weighted by molar-refractivity contribution is 5.74. The van der Waals surface area contributed by atoms with E-state index in [1.54, 1.807) is 0 Å². The number of hydrazone groups is 1. The molecule has 0 aromatic rings. The smallest absolute Gasteiger partial charge is 0.338 e. The second-order valence-electron chi connectivity index (χ2n) is 3.87. The van der Waals surface area contributed by atoms with Crippen molar-refractivity contribution in [3.05, 3.63) is 0 Å². The van der Waals surface area contributed by atoms with E-state index in [4.69, 9.17) is 9.84 Å².